The van der Waals surface area contributed by atoms with E-state index in [1.807, 2.05) is 0 Å². The molecule has 3 nitrogen and oxygen atoms in total. The number of hydrogen-bond acceptors (Lipinski definition) is 3. The summed E-state index contributed by atoms with van der Waals surface area (Å²) in [5.74, 6) is -3.57. The van der Waals surface area contributed by atoms with Crippen molar-refractivity contribution in [3.63, 3.8) is 0 Å². The molecule has 0 spiro atoms. The molecule has 6 heteroatoms. The minimum absolute atomic E-state index is 0.181. The molecule has 20 heavy (non-hydrogen) atoms. The van der Waals surface area contributed by atoms with Gasteiger partial charge in [-0.05, 0) is 38.1 Å². The SMILES string of the molecule is FC(F)(c1ccc2cnc(Cl)cc2n1)C1CCNCC1. The highest BCUT2D eigenvalue weighted by molar-refractivity contribution is 6.29. The lowest BCUT2D eigenvalue weighted by Crippen LogP contribution is -2.37. The van der Waals surface area contributed by atoms with E-state index in [4.69, 9.17) is 11.6 Å². The van der Waals surface area contributed by atoms with Crippen LogP contribution in [0.3, 0.4) is 0 Å². The van der Waals surface area contributed by atoms with Gasteiger partial charge >= 0.3 is 0 Å². The highest BCUT2D eigenvalue weighted by Gasteiger charge is 2.42. The number of halogens is 3. The van der Waals surface area contributed by atoms with Crippen molar-refractivity contribution in [2.24, 2.45) is 5.92 Å². The van der Waals surface area contributed by atoms with Gasteiger partial charge < -0.3 is 5.32 Å². The first-order chi connectivity index (χ1) is 9.57. The molecule has 3 rings (SSSR count). The van der Waals surface area contributed by atoms with Crippen LogP contribution in [0, 0.1) is 5.92 Å². The second-order valence-electron chi connectivity index (χ2n) is 5.04. The fourth-order valence-electron chi connectivity index (χ4n) is 2.57. The number of hydrogen-bond donors (Lipinski definition) is 1. The quantitative estimate of drug-likeness (QED) is 0.864. The number of pyridine rings is 2. The van der Waals surface area contributed by atoms with Gasteiger partial charge in [0.15, 0.2) is 0 Å². The average Bonchev–Trinajstić information content (AvgIpc) is 2.47. The van der Waals surface area contributed by atoms with E-state index in [2.05, 4.69) is 15.3 Å². The summed E-state index contributed by atoms with van der Waals surface area (Å²) >= 11 is 5.79. The molecule has 2 aromatic heterocycles. The normalized spacial score (nSPS) is 17.6. The lowest BCUT2D eigenvalue weighted by molar-refractivity contribution is -0.0788. The van der Waals surface area contributed by atoms with Gasteiger partial charge in [-0.3, -0.25) is 0 Å². The zero-order valence-corrected chi connectivity index (χ0v) is 11.5. The van der Waals surface area contributed by atoms with Gasteiger partial charge in [0.1, 0.15) is 10.8 Å². The maximum atomic E-state index is 14.5. The summed E-state index contributed by atoms with van der Waals surface area (Å²) in [5, 5.41) is 4.06. The molecule has 2 aromatic rings. The molecule has 0 aromatic carbocycles. The number of fused-ring (bicyclic) bond motifs is 1. The monoisotopic (exact) mass is 297 g/mol. The maximum Gasteiger partial charge on any atom is 0.292 e. The molecule has 0 saturated carbocycles. The molecule has 0 unspecified atom stereocenters. The van der Waals surface area contributed by atoms with Gasteiger partial charge in [-0.25, -0.2) is 9.97 Å². The third-order valence-corrected chi connectivity index (χ3v) is 3.94. The summed E-state index contributed by atoms with van der Waals surface area (Å²) in [4.78, 5) is 8.01. The van der Waals surface area contributed by atoms with Gasteiger partial charge in [-0.1, -0.05) is 11.6 Å². The molecule has 0 atom stereocenters. The van der Waals surface area contributed by atoms with Crippen molar-refractivity contribution in [3.8, 4) is 0 Å². The topological polar surface area (TPSA) is 37.8 Å². The van der Waals surface area contributed by atoms with Crippen molar-refractivity contribution >= 4 is 22.5 Å². The van der Waals surface area contributed by atoms with Crippen molar-refractivity contribution in [2.45, 2.75) is 18.8 Å². The number of piperidine rings is 1. The summed E-state index contributed by atoms with van der Waals surface area (Å²) in [7, 11) is 0. The lowest BCUT2D eigenvalue weighted by Gasteiger charge is -2.30. The highest BCUT2D eigenvalue weighted by Crippen LogP contribution is 2.40. The molecule has 1 saturated heterocycles. The second kappa shape index (κ2) is 5.22. The fraction of sp³-hybridized carbons (Fsp3) is 0.429. The Labute approximate surface area is 120 Å². The molecule has 106 valence electrons. The predicted octanol–water partition coefficient (Wildman–Crippen LogP) is 3.37. The summed E-state index contributed by atoms with van der Waals surface area (Å²) in [6.45, 7) is 1.26. The summed E-state index contributed by atoms with van der Waals surface area (Å²) in [6.07, 6.45) is 2.46. The third kappa shape index (κ3) is 2.47. The Morgan fingerprint density at radius 2 is 2.00 bits per heavy atom. The number of alkyl halides is 2. The minimum atomic E-state index is -2.91. The first-order valence-electron chi connectivity index (χ1n) is 6.58. The van der Waals surface area contributed by atoms with E-state index in [0.717, 1.165) is 0 Å². The van der Waals surface area contributed by atoms with Crippen LogP contribution in [-0.2, 0) is 5.92 Å². The summed E-state index contributed by atoms with van der Waals surface area (Å²) < 4.78 is 29.1. The van der Waals surface area contributed by atoms with Gasteiger partial charge in [0.25, 0.3) is 5.92 Å². The van der Waals surface area contributed by atoms with Gasteiger partial charge in [-0.15, -0.1) is 0 Å². The summed E-state index contributed by atoms with van der Waals surface area (Å²) in [6, 6.07) is 4.52. The standard InChI is InChI=1S/C14H14ClF2N3/c15-13-7-11-9(8-19-13)1-2-12(20-11)14(16,17)10-3-5-18-6-4-10/h1-2,7-8,10,18H,3-6H2. The molecule has 0 amide bonds. The number of nitrogens with zero attached hydrogens (tertiary/aromatic N) is 2. The minimum Gasteiger partial charge on any atom is -0.317 e. The van der Waals surface area contributed by atoms with Crippen LogP contribution in [0.2, 0.25) is 5.15 Å². The summed E-state index contributed by atoms with van der Waals surface area (Å²) in [5.41, 5.74) is 0.273. The van der Waals surface area contributed by atoms with Crippen LogP contribution < -0.4 is 5.32 Å². The molecule has 0 aliphatic carbocycles. The smallest absolute Gasteiger partial charge is 0.292 e. The molecule has 1 aliphatic heterocycles. The Morgan fingerprint density at radius 3 is 2.75 bits per heavy atom. The zero-order chi connectivity index (χ0) is 14.2. The van der Waals surface area contributed by atoms with E-state index in [1.54, 1.807) is 6.07 Å². The molecular weight excluding hydrogens is 284 g/mol. The number of aromatic nitrogens is 2. The largest absolute Gasteiger partial charge is 0.317 e. The van der Waals surface area contributed by atoms with Gasteiger partial charge in [0.05, 0.1) is 5.52 Å². The Morgan fingerprint density at radius 1 is 1.25 bits per heavy atom. The predicted molar refractivity (Wildman–Crippen MR) is 74.0 cm³/mol. The Kier molecular flexibility index (Phi) is 3.56. The first kappa shape index (κ1) is 13.6. The molecule has 0 radical (unpaired) electrons. The highest BCUT2D eigenvalue weighted by atomic mass is 35.5. The fourth-order valence-corrected chi connectivity index (χ4v) is 2.72. The van der Waals surface area contributed by atoms with Crippen molar-refractivity contribution in [3.05, 3.63) is 35.2 Å². The number of nitrogens with one attached hydrogen (secondary N) is 1. The molecule has 1 N–H and O–H groups in total. The Balaban J connectivity index is 1.99. The van der Waals surface area contributed by atoms with E-state index in [9.17, 15) is 8.78 Å². The molecule has 0 bridgehead atoms. The van der Waals surface area contributed by atoms with Crippen LogP contribution in [-0.4, -0.2) is 23.1 Å². The maximum absolute atomic E-state index is 14.5. The Bertz CT molecular complexity index is 627. The van der Waals surface area contributed by atoms with Gasteiger partial charge in [0.2, 0.25) is 0 Å². The van der Waals surface area contributed by atoms with E-state index in [-0.39, 0.29) is 10.8 Å². The third-order valence-electron chi connectivity index (χ3n) is 3.73. The van der Waals surface area contributed by atoms with Crippen molar-refractivity contribution < 1.29 is 8.78 Å². The van der Waals surface area contributed by atoms with E-state index < -0.39 is 11.8 Å². The van der Waals surface area contributed by atoms with Crippen LogP contribution in [0.1, 0.15) is 18.5 Å². The lowest BCUT2D eigenvalue weighted by atomic mass is 9.89. The van der Waals surface area contributed by atoms with Crippen LogP contribution >= 0.6 is 11.6 Å². The van der Waals surface area contributed by atoms with Gasteiger partial charge in [-0.2, -0.15) is 8.78 Å². The van der Waals surface area contributed by atoms with E-state index >= 15 is 0 Å². The van der Waals surface area contributed by atoms with Crippen molar-refractivity contribution in [1.82, 2.24) is 15.3 Å². The Hall–Kier alpha value is -1.33. The first-order valence-corrected chi connectivity index (χ1v) is 6.96. The van der Waals surface area contributed by atoms with Crippen molar-refractivity contribution in [1.29, 1.82) is 0 Å². The second-order valence-corrected chi connectivity index (χ2v) is 5.43. The van der Waals surface area contributed by atoms with Crippen LogP contribution in [0.5, 0.6) is 0 Å². The molecular formula is C14H14ClF2N3. The van der Waals surface area contributed by atoms with Crippen LogP contribution in [0.4, 0.5) is 8.78 Å². The van der Waals surface area contributed by atoms with Crippen molar-refractivity contribution in [2.75, 3.05) is 13.1 Å². The van der Waals surface area contributed by atoms with E-state index in [1.165, 1.54) is 18.3 Å². The van der Waals surface area contributed by atoms with Crippen LogP contribution in [0.25, 0.3) is 10.9 Å². The molecule has 1 fully saturated rings. The average molecular weight is 298 g/mol. The van der Waals surface area contributed by atoms with Crippen LogP contribution in [0.15, 0.2) is 24.4 Å². The zero-order valence-electron chi connectivity index (χ0n) is 10.7. The molecule has 3 heterocycles. The molecule has 1 aliphatic rings. The van der Waals surface area contributed by atoms with Gasteiger partial charge in [0, 0.05) is 23.6 Å². The number of rotatable bonds is 2. The van der Waals surface area contributed by atoms with E-state index in [0.29, 0.717) is 36.8 Å².